The largest absolute Gasteiger partial charge is 0.339 e. The molecular weight excluding hydrogens is 343 g/mol. The first-order chi connectivity index (χ1) is 11.8. The maximum Gasteiger partial charge on any atom is 0.261 e. The third-order valence-corrected chi connectivity index (χ3v) is 5.28. The van der Waals surface area contributed by atoms with E-state index < -0.39 is 15.8 Å². The topological polar surface area (TPSA) is 66.5 Å². The van der Waals surface area contributed by atoms with Crippen molar-refractivity contribution >= 4 is 21.6 Å². The number of carbonyl (C=O) groups excluding carboxylic acids is 1. The number of nitrogens with zero attached hydrogens (tertiary/aromatic N) is 1. The molecule has 1 amide bonds. The molecule has 7 heteroatoms. The van der Waals surface area contributed by atoms with Gasteiger partial charge in [-0.25, -0.2) is 12.8 Å². The first-order valence-electron chi connectivity index (χ1n) is 7.96. The van der Waals surface area contributed by atoms with Crippen LogP contribution < -0.4 is 4.72 Å². The van der Waals surface area contributed by atoms with Gasteiger partial charge >= 0.3 is 0 Å². The van der Waals surface area contributed by atoms with Crippen molar-refractivity contribution in [2.75, 3.05) is 17.8 Å². The molecule has 0 aromatic heterocycles. The Labute approximate surface area is 147 Å². The highest BCUT2D eigenvalue weighted by Crippen LogP contribution is 2.20. The van der Waals surface area contributed by atoms with Crippen LogP contribution in [0.4, 0.5) is 10.1 Å². The molecular formula is C18H21FN2O3S. The van der Waals surface area contributed by atoms with Gasteiger partial charge in [-0.2, -0.15) is 0 Å². The second-order valence-electron chi connectivity index (χ2n) is 5.57. The standard InChI is InChI=1S/C18H21FN2O3S/c1-4-21(5-2)18(22)17-12-16(11-6-13(17)3)25(23,24)20-15-9-7-14(19)8-10-15/h6-12,20H,4-5H2,1-3H3. The Hall–Kier alpha value is -2.41. The summed E-state index contributed by atoms with van der Waals surface area (Å²) in [5.41, 5.74) is 1.31. The Balaban J connectivity index is 2.37. The van der Waals surface area contributed by atoms with Crippen molar-refractivity contribution in [3.8, 4) is 0 Å². The van der Waals surface area contributed by atoms with Gasteiger partial charge in [-0.1, -0.05) is 6.07 Å². The van der Waals surface area contributed by atoms with Crippen molar-refractivity contribution < 1.29 is 17.6 Å². The lowest BCUT2D eigenvalue weighted by molar-refractivity contribution is 0.0772. The molecule has 0 unspecified atom stereocenters. The van der Waals surface area contributed by atoms with E-state index in [4.69, 9.17) is 0 Å². The smallest absolute Gasteiger partial charge is 0.261 e. The number of halogens is 1. The van der Waals surface area contributed by atoms with Gasteiger partial charge in [0.25, 0.3) is 15.9 Å². The zero-order valence-electron chi connectivity index (χ0n) is 14.4. The lowest BCUT2D eigenvalue weighted by Gasteiger charge is -2.20. The Bertz CT molecular complexity index is 860. The first-order valence-corrected chi connectivity index (χ1v) is 9.45. The summed E-state index contributed by atoms with van der Waals surface area (Å²) in [5.74, 6) is -0.660. The minimum Gasteiger partial charge on any atom is -0.339 e. The second-order valence-corrected chi connectivity index (χ2v) is 7.25. The Morgan fingerprint density at radius 2 is 1.68 bits per heavy atom. The van der Waals surface area contributed by atoms with Crippen LogP contribution >= 0.6 is 0 Å². The number of amides is 1. The molecule has 0 spiro atoms. The van der Waals surface area contributed by atoms with E-state index in [-0.39, 0.29) is 16.5 Å². The molecule has 2 aromatic rings. The van der Waals surface area contributed by atoms with Crippen molar-refractivity contribution in [3.63, 3.8) is 0 Å². The van der Waals surface area contributed by atoms with Crippen LogP contribution in [-0.4, -0.2) is 32.3 Å². The van der Waals surface area contributed by atoms with E-state index in [1.165, 1.54) is 36.4 Å². The molecule has 0 aliphatic rings. The fourth-order valence-corrected chi connectivity index (χ4v) is 3.50. The van der Waals surface area contributed by atoms with Crippen LogP contribution in [0.1, 0.15) is 29.8 Å². The molecule has 1 N–H and O–H groups in total. The Morgan fingerprint density at radius 3 is 2.24 bits per heavy atom. The number of hydrogen-bond acceptors (Lipinski definition) is 3. The van der Waals surface area contributed by atoms with Crippen molar-refractivity contribution in [3.05, 3.63) is 59.4 Å². The molecule has 25 heavy (non-hydrogen) atoms. The quantitative estimate of drug-likeness (QED) is 0.854. The summed E-state index contributed by atoms with van der Waals surface area (Å²) in [7, 11) is -3.88. The Kier molecular flexibility index (Phi) is 5.79. The lowest BCUT2D eigenvalue weighted by Crippen LogP contribution is -2.31. The van der Waals surface area contributed by atoms with Gasteiger partial charge in [-0.15, -0.1) is 0 Å². The van der Waals surface area contributed by atoms with Gasteiger partial charge in [0.05, 0.1) is 4.90 Å². The molecule has 5 nitrogen and oxygen atoms in total. The maximum atomic E-state index is 13.0. The third-order valence-electron chi connectivity index (χ3n) is 3.90. The zero-order valence-corrected chi connectivity index (χ0v) is 15.2. The van der Waals surface area contributed by atoms with Gasteiger partial charge in [-0.3, -0.25) is 9.52 Å². The number of hydrogen-bond donors (Lipinski definition) is 1. The van der Waals surface area contributed by atoms with E-state index in [1.807, 2.05) is 13.8 Å². The molecule has 0 atom stereocenters. The average Bonchev–Trinajstić information content (AvgIpc) is 2.58. The summed E-state index contributed by atoms with van der Waals surface area (Å²) in [6.45, 7) is 6.58. The van der Waals surface area contributed by atoms with Crippen LogP contribution in [0, 0.1) is 12.7 Å². The normalized spacial score (nSPS) is 11.2. The van der Waals surface area contributed by atoms with Gasteiger partial charge < -0.3 is 4.90 Å². The Morgan fingerprint density at radius 1 is 1.08 bits per heavy atom. The van der Waals surface area contributed by atoms with E-state index >= 15 is 0 Å². The fraction of sp³-hybridized carbons (Fsp3) is 0.278. The van der Waals surface area contributed by atoms with Crippen molar-refractivity contribution in [1.29, 1.82) is 0 Å². The van der Waals surface area contributed by atoms with Gasteiger partial charge in [0, 0.05) is 24.3 Å². The number of benzene rings is 2. The molecule has 134 valence electrons. The molecule has 0 saturated carbocycles. The summed E-state index contributed by atoms with van der Waals surface area (Å²) >= 11 is 0. The molecule has 2 rings (SSSR count). The van der Waals surface area contributed by atoms with Crippen molar-refractivity contribution in [2.24, 2.45) is 0 Å². The fourth-order valence-electron chi connectivity index (χ4n) is 2.41. The molecule has 0 aliphatic carbocycles. The SMILES string of the molecule is CCN(CC)C(=O)c1cc(S(=O)(=O)Nc2ccc(F)cc2)ccc1C. The summed E-state index contributed by atoms with van der Waals surface area (Å²) in [5, 5.41) is 0. The number of carbonyl (C=O) groups is 1. The van der Waals surface area contributed by atoms with E-state index in [0.29, 0.717) is 24.2 Å². The lowest BCUT2D eigenvalue weighted by atomic mass is 10.1. The van der Waals surface area contributed by atoms with Crippen LogP contribution in [0.25, 0.3) is 0 Å². The van der Waals surface area contributed by atoms with Crippen LogP contribution in [-0.2, 0) is 10.0 Å². The summed E-state index contributed by atoms with van der Waals surface area (Å²) < 4.78 is 40.4. The van der Waals surface area contributed by atoms with E-state index in [1.54, 1.807) is 17.9 Å². The highest BCUT2D eigenvalue weighted by molar-refractivity contribution is 7.92. The van der Waals surface area contributed by atoms with Crippen LogP contribution in [0.3, 0.4) is 0 Å². The molecule has 0 heterocycles. The van der Waals surface area contributed by atoms with Gasteiger partial charge in [-0.05, 0) is 62.7 Å². The van der Waals surface area contributed by atoms with Crippen LogP contribution in [0.5, 0.6) is 0 Å². The average molecular weight is 364 g/mol. The highest BCUT2D eigenvalue weighted by Gasteiger charge is 2.20. The van der Waals surface area contributed by atoms with Crippen molar-refractivity contribution in [2.45, 2.75) is 25.7 Å². The molecule has 0 saturated heterocycles. The summed E-state index contributed by atoms with van der Waals surface area (Å²) in [6, 6.07) is 9.44. The highest BCUT2D eigenvalue weighted by atomic mass is 32.2. The number of sulfonamides is 1. The molecule has 0 aliphatic heterocycles. The zero-order chi connectivity index (χ0) is 18.6. The predicted molar refractivity (Wildman–Crippen MR) is 95.6 cm³/mol. The first kappa shape index (κ1) is 18.9. The summed E-state index contributed by atoms with van der Waals surface area (Å²) in [4.78, 5) is 14.2. The number of aryl methyl sites for hydroxylation is 1. The molecule has 0 fully saturated rings. The van der Waals surface area contributed by atoms with Crippen LogP contribution in [0.2, 0.25) is 0 Å². The minimum atomic E-state index is -3.88. The summed E-state index contributed by atoms with van der Waals surface area (Å²) in [6.07, 6.45) is 0. The molecule has 0 radical (unpaired) electrons. The second kappa shape index (κ2) is 7.65. The van der Waals surface area contributed by atoms with E-state index in [0.717, 1.165) is 0 Å². The van der Waals surface area contributed by atoms with Gasteiger partial charge in [0.2, 0.25) is 0 Å². The number of rotatable bonds is 6. The van der Waals surface area contributed by atoms with Gasteiger partial charge in [0.1, 0.15) is 5.82 Å². The number of anilines is 1. The van der Waals surface area contributed by atoms with Gasteiger partial charge in [0.15, 0.2) is 0 Å². The van der Waals surface area contributed by atoms with E-state index in [2.05, 4.69) is 4.72 Å². The molecule has 0 bridgehead atoms. The van der Waals surface area contributed by atoms with Crippen LogP contribution in [0.15, 0.2) is 47.4 Å². The maximum absolute atomic E-state index is 13.0. The number of nitrogens with one attached hydrogen (secondary N) is 1. The predicted octanol–water partition coefficient (Wildman–Crippen LogP) is 3.42. The van der Waals surface area contributed by atoms with E-state index in [9.17, 15) is 17.6 Å². The molecule has 2 aromatic carbocycles. The minimum absolute atomic E-state index is 0.0158. The monoisotopic (exact) mass is 364 g/mol. The van der Waals surface area contributed by atoms with Crippen molar-refractivity contribution in [1.82, 2.24) is 4.90 Å². The third kappa shape index (κ3) is 4.36.